The van der Waals surface area contributed by atoms with Gasteiger partial charge in [0, 0.05) is 18.5 Å². The van der Waals surface area contributed by atoms with E-state index in [0.29, 0.717) is 6.07 Å². The van der Waals surface area contributed by atoms with E-state index in [4.69, 9.17) is 0 Å². The van der Waals surface area contributed by atoms with Crippen molar-refractivity contribution >= 4 is 15.7 Å². The van der Waals surface area contributed by atoms with E-state index in [1.54, 1.807) is 0 Å². The number of hydrogen-bond acceptors (Lipinski definition) is 3. The minimum atomic E-state index is -3.92. The Kier molecular flexibility index (Phi) is 3.24. The Morgan fingerprint density at radius 3 is 2.56 bits per heavy atom. The number of nitrogens with one attached hydrogen (secondary N) is 1. The first-order valence-electron chi connectivity index (χ1n) is 4.87. The summed E-state index contributed by atoms with van der Waals surface area (Å²) < 4.78 is 51.7. The van der Waals surface area contributed by atoms with E-state index >= 15 is 0 Å². The summed E-state index contributed by atoms with van der Waals surface area (Å²) in [4.78, 5) is 3.55. The monoisotopic (exact) mass is 270 g/mol. The predicted molar refractivity (Wildman–Crippen MR) is 61.4 cm³/mol. The highest BCUT2D eigenvalue weighted by atomic mass is 32.2. The van der Waals surface area contributed by atoms with E-state index in [0.717, 1.165) is 18.3 Å². The fourth-order valence-corrected chi connectivity index (χ4v) is 2.31. The molecule has 0 unspecified atom stereocenters. The van der Waals surface area contributed by atoms with Crippen LogP contribution in [-0.4, -0.2) is 13.4 Å². The molecule has 1 aromatic heterocycles. The smallest absolute Gasteiger partial charge is 0.263 e. The number of rotatable bonds is 3. The summed E-state index contributed by atoms with van der Waals surface area (Å²) in [5.41, 5.74) is -0.319. The van der Waals surface area contributed by atoms with Crippen molar-refractivity contribution < 1.29 is 17.2 Å². The Bertz CT molecular complexity index is 660. The Labute approximate surface area is 102 Å². The van der Waals surface area contributed by atoms with E-state index < -0.39 is 21.7 Å². The third-order valence-electron chi connectivity index (χ3n) is 2.12. The lowest BCUT2D eigenvalue weighted by Crippen LogP contribution is -2.14. The van der Waals surface area contributed by atoms with Crippen LogP contribution in [0.3, 0.4) is 0 Å². The van der Waals surface area contributed by atoms with Gasteiger partial charge in [-0.05, 0) is 24.3 Å². The van der Waals surface area contributed by atoms with E-state index in [-0.39, 0.29) is 10.6 Å². The number of anilines is 1. The van der Waals surface area contributed by atoms with Crippen LogP contribution in [0, 0.1) is 11.6 Å². The van der Waals surface area contributed by atoms with Crippen molar-refractivity contribution in [3.8, 4) is 0 Å². The summed E-state index contributed by atoms with van der Waals surface area (Å²) in [6.07, 6.45) is 2.54. The molecule has 0 fully saturated rings. The highest BCUT2D eigenvalue weighted by Crippen LogP contribution is 2.19. The van der Waals surface area contributed by atoms with Crippen LogP contribution in [0.2, 0.25) is 0 Å². The van der Waals surface area contributed by atoms with E-state index in [9.17, 15) is 17.2 Å². The van der Waals surface area contributed by atoms with Gasteiger partial charge in [0.2, 0.25) is 0 Å². The van der Waals surface area contributed by atoms with Gasteiger partial charge in [-0.15, -0.1) is 0 Å². The van der Waals surface area contributed by atoms with Gasteiger partial charge in [-0.25, -0.2) is 17.2 Å². The molecule has 2 aromatic rings. The van der Waals surface area contributed by atoms with Crippen LogP contribution in [-0.2, 0) is 10.0 Å². The molecule has 0 aliphatic heterocycles. The van der Waals surface area contributed by atoms with Crippen molar-refractivity contribution in [1.82, 2.24) is 4.98 Å². The first-order valence-corrected chi connectivity index (χ1v) is 6.35. The maximum absolute atomic E-state index is 13.3. The molecule has 0 radical (unpaired) electrons. The molecule has 0 bridgehead atoms. The highest BCUT2D eigenvalue weighted by molar-refractivity contribution is 7.92. The number of aromatic nitrogens is 1. The highest BCUT2D eigenvalue weighted by Gasteiger charge is 2.16. The third-order valence-corrected chi connectivity index (χ3v) is 3.47. The van der Waals surface area contributed by atoms with Crippen molar-refractivity contribution in [2.24, 2.45) is 0 Å². The summed E-state index contributed by atoms with van der Waals surface area (Å²) >= 11 is 0. The van der Waals surface area contributed by atoms with Gasteiger partial charge in [-0.3, -0.25) is 9.71 Å². The van der Waals surface area contributed by atoms with Gasteiger partial charge < -0.3 is 0 Å². The van der Waals surface area contributed by atoms with Crippen molar-refractivity contribution in [2.45, 2.75) is 4.90 Å². The van der Waals surface area contributed by atoms with Crippen LogP contribution in [0.15, 0.2) is 47.6 Å². The first kappa shape index (κ1) is 12.4. The zero-order chi connectivity index (χ0) is 13.2. The lowest BCUT2D eigenvalue weighted by molar-refractivity contribution is 0.582. The summed E-state index contributed by atoms with van der Waals surface area (Å²) in [5.74, 6) is -1.76. The number of nitrogens with zero attached hydrogens (tertiary/aromatic N) is 1. The molecule has 7 heteroatoms. The molecule has 0 saturated carbocycles. The molecule has 0 spiro atoms. The fraction of sp³-hybridized carbons (Fsp3) is 0. The average molecular weight is 270 g/mol. The Hall–Kier alpha value is -2.02. The molecule has 1 heterocycles. The van der Waals surface area contributed by atoms with Crippen molar-refractivity contribution in [1.29, 1.82) is 0 Å². The molecule has 0 atom stereocenters. The van der Waals surface area contributed by atoms with Crippen LogP contribution in [0.5, 0.6) is 0 Å². The normalized spacial score (nSPS) is 11.2. The molecule has 0 aliphatic rings. The van der Waals surface area contributed by atoms with Crippen LogP contribution >= 0.6 is 0 Å². The molecule has 1 aromatic carbocycles. The minimum Gasteiger partial charge on any atom is -0.277 e. The molecule has 0 saturated heterocycles. The Morgan fingerprint density at radius 1 is 1.17 bits per heavy atom. The van der Waals surface area contributed by atoms with Gasteiger partial charge >= 0.3 is 0 Å². The number of pyridine rings is 1. The van der Waals surface area contributed by atoms with Gasteiger partial charge in [-0.1, -0.05) is 0 Å². The standard InChI is InChI=1S/C11H8F2N2O2S/c12-8-3-4-11(10(13)6-8)15-18(16,17)9-2-1-5-14-7-9/h1-7,15H. The van der Waals surface area contributed by atoms with Gasteiger partial charge in [-0.2, -0.15) is 0 Å². The van der Waals surface area contributed by atoms with Crippen molar-refractivity contribution in [3.05, 3.63) is 54.4 Å². The second-order valence-corrected chi connectivity index (χ2v) is 5.10. The van der Waals surface area contributed by atoms with E-state index in [1.807, 2.05) is 4.72 Å². The number of benzene rings is 1. The van der Waals surface area contributed by atoms with Gasteiger partial charge in [0.1, 0.15) is 16.5 Å². The summed E-state index contributed by atoms with van der Waals surface area (Å²) in [6.45, 7) is 0. The average Bonchev–Trinajstić information content (AvgIpc) is 2.34. The zero-order valence-corrected chi connectivity index (χ0v) is 9.79. The summed E-state index contributed by atoms with van der Waals surface area (Å²) in [5, 5.41) is 0. The maximum atomic E-state index is 13.3. The van der Waals surface area contributed by atoms with Crippen molar-refractivity contribution in [3.63, 3.8) is 0 Å². The molecule has 18 heavy (non-hydrogen) atoms. The molecule has 94 valence electrons. The largest absolute Gasteiger partial charge is 0.277 e. The van der Waals surface area contributed by atoms with Crippen LogP contribution in [0.25, 0.3) is 0 Å². The van der Waals surface area contributed by atoms with Gasteiger partial charge in [0.15, 0.2) is 0 Å². The molecular formula is C11H8F2N2O2S. The van der Waals surface area contributed by atoms with E-state index in [2.05, 4.69) is 4.98 Å². The minimum absolute atomic E-state index is 0.103. The second kappa shape index (κ2) is 4.69. The van der Waals surface area contributed by atoms with E-state index in [1.165, 1.54) is 18.3 Å². The van der Waals surface area contributed by atoms with Gasteiger partial charge in [0.05, 0.1) is 5.69 Å². The predicted octanol–water partition coefficient (Wildman–Crippen LogP) is 2.16. The molecule has 1 N–H and O–H groups in total. The molecule has 0 amide bonds. The Morgan fingerprint density at radius 2 is 1.94 bits per heavy atom. The number of hydrogen-bond donors (Lipinski definition) is 1. The summed E-state index contributed by atoms with van der Waals surface area (Å²) in [7, 11) is -3.92. The molecule has 2 rings (SSSR count). The maximum Gasteiger partial charge on any atom is 0.263 e. The first-order chi connectivity index (χ1) is 8.49. The SMILES string of the molecule is O=S(=O)(Nc1ccc(F)cc1F)c1cccnc1. The molecular weight excluding hydrogens is 262 g/mol. The fourth-order valence-electron chi connectivity index (χ4n) is 1.28. The lowest BCUT2D eigenvalue weighted by Gasteiger charge is -2.08. The zero-order valence-electron chi connectivity index (χ0n) is 8.97. The molecule has 0 aliphatic carbocycles. The number of halogens is 2. The third kappa shape index (κ3) is 2.62. The number of sulfonamides is 1. The lowest BCUT2D eigenvalue weighted by atomic mass is 10.3. The van der Waals surface area contributed by atoms with Crippen molar-refractivity contribution in [2.75, 3.05) is 4.72 Å². The van der Waals surface area contributed by atoms with Crippen LogP contribution < -0.4 is 4.72 Å². The summed E-state index contributed by atoms with van der Waals surface area (Å²) in [6, 6.07) is 5.33. The van der Waals surface area contributed by atoms with Gasteiger partial charge in [0.25, 0.3) is 10.0 Å². The quantitative estimate of drug-likeness (QED) is 0.929. The topological polar surface area (TPSA) is 59.1 Å². The Balaban J connectivity index is 2.34. The van der Waals surface area contributed by atoms with Crippen LogP contribution in [0.4, 0.5) is 14.5 Å². The van der Waals surface area contributed by atoms with Crippen LogP contribution in [0.1, 0.15) is 0 Å². The second-order valence-electron chi connectivity index (χ2n) is 3.42. The molecule has 4 nitrogen and oxygen atoms in total.